The SMILES string of the molecule is COCCCOCCCOC.O=CO. The van der Waals surface area contributed by atoms with Crippen LogP contribution in [0.2, 0.25) is 0 Å². The fraction of sp³-hybridized carbons (Fsp3) is 0.889. The minimum atomic E-state index is -0.250. The highest BCUT2D eigenvalue weighted by atomic mass is 16.5. The fourth-order valence-electron chi connectivity index (χ4n) is 0.713. The van der Waals surface area contributed by atoms with Crippen LogP contribution in [0.3, 0.4) is 0 Å². The molecule has 0 aliphatic heterocycles. The van der Waals surface area contributed by atoms with Crippen LogP contribution < -0.4 is 0 Å². The molecule has 5 nitrogen and oxygen atoms in total. The van der Waals surface area contributed by atoms with Crippen molar-refractivity contribution in [3.63, 3.8) is 0 Å². The van der Waals surface area contributed by atoms with Gasteiger partial charge in [-0.25, -0.2) is 0 Å². The Labute approximate surface area is 85.0 Å². The first-order valence-electron chi connectivity index (χ1n) is 4.47. The third-order valence-electron chi connectivity index (χ3n) is 1.27. The number of carbonyl (C=O) groups is 1. The zero-order valence-electron chi connectivity index (χ0n) is 8.90. The first-order chi connectivity index (χ1) is 6.83. The minimum Gasteiger partial charge on any atom is -0.483 e. The van der Waals surface area contributed by atoms with E-state index in [4.69, 9.17) is 24.1 Å². The van der Waals surface area contributed by atoms with Crippen LogP contribution in [0.25, 0.3) is 0 Å². The predicted octanol–water partition coefficient (Wildman–Crippen LogP) is 0.777. The molecule has 0 fully saturated rings. The molecule has 0 unspecified atom stereocenters. The van der Waals surface area contributed by atoms with E-state index < -0.39 is 0 Å². The zero-order chi connectivity index (χ0) is 11.1. The van der Waals surface area contributed by atoms with E-state index in [0.717, 1.165) is 39.3 Å². The summed E-state index contributed by atoms with van der Waals surface area (Å²) in [4.78, 5) is 8.36. The standard InChI is InChI=1S/C8H18O3.CH2O2/c1-9-5-3-7-11-8-4-6-10-2;2-1-3/h3-8H2,1-2H3;1H,(H,2,3). The second-order valence-electron chi connectivity index (χ2n) is 2.41. The second-order valence-corrected chi connectivity index (χ2v) is 2.41. The van der Waals surface area contributed by atoms with Gasteiger partial charge in [-0.2, -0.15) is 0 Å². The molecule has 0 amide bonds. The Bertz CT molecular complexity index is 89.2. The van der Waals surface area contributed by atoms with Crippen molar-refractivity contribution in [1.82, 2.24) is 0 Å². The molecule has 0 heterocycles. The van der Waals surface area contributed by atoms with Gasteiger partial charge >= 0.3 is 0 Å². The largest absolute Gasteiger partial charge is 0.483 e. The van der Waals surface area contributed by atoms with Gasteiger partial charge in [0.2, 0.25) is 0 Å². The van der Waals surface area contributed by atoms with Gasteiger partial charge in [-0.05, 0) is 12.8 Å². The van der Waals surface area contributed by atoms with Gasteiger partial charge in [0.1, 0.15) is 0 Å². The van der Waals surface area contributed by atoms with Crippen LogP contribution in [0.1, 0.15) is 12.8 Å². The number of rotatable bonds is 8. The third-order valence-corrected chi connectivity index (χ3v) is 1.27. The van der Waals surface area contributed by atoms with Crippen LogP contribution in [0.5, 0.6) is 0 Å². The highest BCUT2D eigenvalue weighted by Crippen LogP contribution is 1.86. The van der Waals surface area contributed by atoms with Crippen LogP contribution in [0.4, 0.5) is 0 Å². The van der Waals surface area contributed by atoms with Crippen LogP contribution in [0.15, 0.2) is 0 Å². The molecule has 5 heteroatoms. The average Bonchev–Trinajstić information content (AvgIpc) is 2.18. The van der Waals surface area contributed by atoms with E-state index in [9.17, 15) is 0 Å². The van der Waals surface area contributed by atoms with Crippen molar-refractivity contribution in [3.8, 4) is 0 Å². The molecule has 0 aromatic carbocycles. The lowest BCUT2D eigenvalue weighted by molar-refractivity contribution is -0.122. The molecule has 0 rings (SSSR count). The van der Waals surface area contributed by atoms with Crippen LogP contribution >= 0.6 is 0 Å². The summed E-state index contributed by atoms with van der Waals surface area (Å²) in [7, 11) is 3.40. The van der Waals surface area contributed by atoms with Gasteiger partial charge in [0.15, 0.2) is 0 Å². The maximum Gasteiger partial charge on any atom is 0.290 e. The zero-order valence-corrected chi connectivity index (χ0v) is 8.90. The van der Waals surface area contributed by atoms with Crippen LogP contribution in [-0.2, 0) is 19.0 Å². The number of ether oxygens (including phenoxy) is 3. The van der Waals surface area contributed by atoms with Crippen molar-refractivity contribution in [2.24, 2.45) is 0 Å². The number of hydrogen-bond donors (Lipinski definition) is 1. The lowest BCUT2D eigenvalue weighted by Gasteiger charge is -2.02. The van der Waals surface area contributed by atoms with E-state index in [1.807, 2.05) is 0 Å². The second kappa shape index (κ2) is 18.2. The number of carboxylic acid groups (broad SMARTS) is 1. The summed E-state index contributed by atoms with van der Waals surface area (Å²) in [6, 6.07) is 0. The van der Waals surface area contributed by atoms with Gasteiger partial charge in [-0.1, -0.05) is 0 Å². The molecule has 0 aromatic heterocycles. The van der Waals surface area contributed by atoms with Gasteiger partial charge in [0.25, 0.3) is 6.47 Å². The normalized spacial score (nSPS) is 9.00. The van der Waals surface area contributed by atoms with Crippen molar-refractivity contribution in [2.75, 3.05) is 40.6 Å². The van der Waals surface area contributed by atoms with E-state index in [1.54, 1.807) is 14.2 Å². The minimum absolute atomic E-state index is 0.250. The summed E-state index contributed by atoms with van der Waals surface area (Å²) >= 11 is 0. The molecule has 0 spiro atoms. The number of hydrogen-bond acceptors (Lipinski definition) is 4. The molecular weight excluding hydrogens is 188 g/mol. The summed E-state index contributed by atoms with van der Waals surface area (Å²) in [5.41, 5.74) is 0. The topological polar surface area (TPSA) is 65.0 Å². The van der Waals surface area contributed by atoms with E-state index in [1.165, 1.54) is 0 Å². The summed E-state index contributed by atoms with van der Waals surface area (Å²) in [5, 5.41) is 6.89. The van der Waals surface area contributed by atoms with Gasteiger partial charge in [0.05, 0.1) is 0 Å². The molecule has 86 valence electrons. The maximum atomic E-state index is 8.36. The number of methoxy groups -OCH3 is 2. The van der Waals surface area contributed by atoms with Gasteiger partial charge in [-0.3, -0.25) is 4.79 Å². The van der Waals surface area contributed by atoms with E-state index in [0.29, 0.717) is 0 Å². The van der Waals surface area contributed by atoms with Gasteiger partial charge < -0.3 is 19.3 Å². The van der Waals surface area contributed by atoms with Crippen molar-refractivity contribution < 1.29 is 24.1 Å². The van der Waals surface area contributed by atoms with Crippen LogP contribution in [0, 0.1) is 0 Å². The van der Waals surface area contributed by atoms with E-state index in [2.05, 4.69) is 0 Å². The molecule has 0 bridgehead atoms. The summed E-state index contributed by atoms with van der Waals surface area (Å²) < 4.78 is 15.0. The predicted molar refractivity (Wildman–Crippen MR) is 52.5 cm³/mol. The monoisotopic (exact) mass is 208 g/mol. The lowest BCUT2D eigenvalue weighted by atomic mass is 10.4. The molecule has 0 aliphatic rings. The Morgan fingerprint density at radius 2 is 1.36 bits per heavy atom. The van der Waals surface area contributed by atoms with Crippen molar-refractivity contribution in [3.05, 3.63) is 0 Å². The first-order valence-corrected chi connectivity index (χ1v) is 4.47. The molecule has 0 aromatic rings. The molecule has 0 saturated heterocycles. The average molecular weight is 208 g/mol. The Kier molecular flexibility index (Phi) is 20.5. The summed E-state index contributed by atoms with van der Waals surface area (Å²) in [6.07, 6.45) is 1.95. The maximum absolute atomic E-state index is 8.36. The first kappa shape index (κ1) is 15.8. The molecule has 14 heavy (non-hydrogen) atoms. The van der Waals surface area contributed by atoms with Gasteiger partial charge in [-0.15, -0.1) is 0 Å². The van der Waals surface area contributed by atoms with Gasteiger partial charge in [0, 0.05) is 40.6 Å². The molecular formula is C9H20O5. The van der Waals surface area contributed by atoms with Crippen molar-refractivity contribution in [2.45, 2.75) is 12.8 Å². The molecule has 1 N–H and O–H groups in total. The van der Waals surface area contributed by atoms with Crippen molar-refractivity contribution >= 4 is 6.47 Å². The van der Waals surface area contributed by atoms with Crippen molar-refractivity contribution in [1.29, 1.82) is 0 Å². The van der Waals surface area contributed by atoms with E-state index >= 15 is 0 Å². The Morgan fingerprint density at radius 1 is 1.00 bits per heavy atom. The fourth-order valence-corrected chi connectivity index (χ4v) is 0.713. The van der Waals surface area contributed by atoms with E-state index in [-0.39, 0.29) is 6.47 Å². The molecule has 0 radical (unpaired) electrons. The quantitative estimate of drug-likeness (QED) is 0.471. The Morgan fingerprint density at radius 3 is 1.64 bits per heavy atom. The highest BCUT2D eigenvalue weighted by Gasteiger charge is 1.88. The third kappa shape index (κ3) is 22.5. The molecule has 0 atom stereocenters. The lowest BCUT2D eigenvalue weighted by Crippen LogP contribution is -2.02. The molecule has 0 saturated carbocycles. The summed E-state index contributed by atoms with van der Waals surface area (Å²) in [6.45, 7) is 2.89. The smallest absolute Gasteiger partial charge is 0.290 e. The van der Waals surface area contributed by atoms with Crippen LogP contribution in [-0.4, -0.2) is 52.2 Å². The highest BCUT2D eigenvalue weighted by molar-refractivity contribution is 5.32. The Balaban J connectivity index is 0. The molecule has 0 aliphatic carbocycles. The summed E-state index contributed by atoms with van der Waals surface area (Å²) in [5.74, 6) is 0. The Hall–Kier alpha value is -0.650.